The molecular formula is C11H14O2. The second-order valence-electron chi connectivity index (χ2n) is 2.89. The summed E-state index contributed by atoms with van der Waals surface area (Å²) in [4.78, 5) is 10.6. The van der Waals surface area contributed by atoms with Crippen molar-refractivity contribution in [2.75, 3.05) is 13.2 Å². The number of rotatable bonds is 1. The molecule has 70 valence electrons. The van der Waals surface area contributed by atoms with E-state index in [1.54, 1.807) is 6.92 Å². The van der Waals surface area contributed by atoms with E-state index in [0.29, 0.717) is 0 Å². The van der Waals surface area contributed by atoms with Crippen molar-refractivity contribution in [2.45, 2.75) is 13.3 Å². The number of hydrogen-bond donors (Lipinski definition) is 0. The molecule has 13 heavy (non-hydrogen) atoms. The molecule has 1 aromatic carbocycles. The Balaban J connectivity index is 0.000000175. The van der Waals surface area contributed by atoms with E-state index in [-0.39, 0.29) is 5.78 Å². The number of benzene rings is 1. The Morgan fingerprint density at radius 2 is 1.69 bits per heavy atom. The van der Waals surface area contributed by atoms with Gasteiger partial charge in [0.25, 0.3) is 0 Å². The van der Waals surface area contributed by atoms with Crippen LogP contribution in [-0.4, -0.2) is 19.0 Å². The van der Waals surface area contributed by atoms with Crippen LogP contribution in [0.2, 0.25) is 0 Å². The lowest BCUT2D eigenvalue weighted by molar-refractivity contribution is 0.0367. The van der Waals surface area contributed by atoms with Crippen LogP contribution in [0.4, 0.5) is 0 Å². The second-order valence-corrected chi connectivity index (χ2v) is 2.89. The van der Waals surface area contributed by atoms with Gasteiger partial charge in [-0.05, 0) is 13.3 Å². The molecule has 2 heteroatoms. The highest BCUT2D eigenvalue weighted by Gasteiger charge is 1.94. The average Bonchev–Trinajstić information content (AvgIpc) is 2.03. The van der Waals surface area contributed by atoms with E-state index >= 15 is 0 Å². The molecule has 1 aromatic rings. The van der Waals surface area contributed by atoms with Crippen molar-refractivity contribution in [3.8, 4) is 0 Å². The van der Waals surface area contributed by atoms with E-state index in [2.05, 4.69) is 0 Å². The van der Waals surface area contributed by atoms with Crippen molar-refractivity contribution >= 4 is 5.78 Å². The first-order chi connectivity index (χ1) is 6.30. The van der Waals surface area contributed by atoms with Crippen LogP contribution in [0.25, 0.3) is 0 Å². The van der Waals surface area contributed by atoms with E-state index in [4.69, 9.17) is 4.74 Å². The van der Waals surface area contributed by atoms with Crippen LogP contribution in [0.3, 0.4) is 0 Å². The number of ketones is 1. The Hall–Kier alpha value is -1.15. The lowest BCUT2D eigenvalue weighted by atomic mass is 10.2. The van der Waals surface area contributed by atoms with Gasteiger partial charge in [0.05, 0.1) is 0 Å². The quantitative estimate of drug-likeness (QED) is 0.617. The van der Waals surface area contributed by atoms with Crippen LogP contribution in [-0.2, 0) is 4.74 Å². The number of hydrogen-bond acceptors (Lipinski definition) is 2. The Morgan fingerprint density at radius 1 is 1.23 bits per heavy atom. The molecule has 0 aromatic heterocycles. The molecular weight excluding hydrogens is 164 g/mol. The normalized spacial score (nSPS) is 13.6. The van der Waals surface area contributed by atoms with Gasteiger partial charge in [0, 0.05) is 18.8 Å². The maximum atomic E-state index is 10.6. The molecule has 1 fully saturated rings. The first kappa shape index (κ1) is 9.93. The zero-order chi connectivity index (χ0) is 9.52. The maximum absolute atomic E-state index is 10.6. The lowest BCUT2D eigenvalue weighted by Gasteiger charge is -2.09. The Bertz CT molecular complexity index is 246. The topological polar surface area (TPSA) is 26.3 Å². The van der Waals surface area contributed by atoms with Crippen LogP contribution >= 0.6 is 0 Å². The average molecular weight is 178 g/mol. The van der Waals surface area contributed by atoms with Gasteiger partial charge in [0.1, 0.15) is 0 Å². The SMILES string of the molecule is C1COC1.CC(=O)c1ccccc1. The highest BCUT2D eigenvalue weighted by molar-refractivity contribution is 5.93. The van der Waals surface area contributed by atoms with Gasteiger partial charge in [-0.2, -0.15) is 0 Å². The molecule has 0 atom stereocenters. The van der Waals surface area contributed by atoms with E-state index < -0.39 is 0 Å². The number of carbonyl (C=O) groups excluding carboxylic acids is 1. The minimum absolute atomic E-state index is 0.121. The Morgan fingerprint density at radius 3 is 1.92 bits per heavy atom. The molecule has 0 N–H and O–H groups in total. The molecule has 1 aliphatic heterocycles. The Kier molecular flexibility index (Phi) is 4.19. The first-order valence-corrected chi connectivity index (χ1v) is 4.44. The van der Waals surface area contributed by atoms with E-state index in [1.807, 2.05) is 30.3 Å². The van der Waals surface area contributed by atoms with Crippen molar-refractivity contribution < 1.29 is 9.53 Å². The summed E-state index contributed by atoms with van der Waals surface area (Å²) >= 11 is 0. The highest BCUT2D eigenvalue weighted by atomic mass is 16.5. The molecule has 0 aliphatic carbocycles. The molecule has 0 bridgehead atoms. The number of carbonyl (C=O) groups is 1. The molecule has 1 saturated heterocycles. The monoisotopic (exact) mass is 178 g/mol. The van der Waals surface area contributed by atoms with Crippen molar-refractivity contribution in [1.29, 1.82) is 0 Å². The van der Waals surface area contributed by atoms with Crippen molar-refractivity contribution in [2.24, 2.45) is 0 Å². The molecule has 1 aliphatic rings. The summed E-state index contributed by atoms with van der Waals surface area (Å²) in [5.74, 6) is 0.121. The van der Waals surface area contributed by atoms with Gasteiger partial charge >= 0.3 is 0 Å². The predicted molar refractivity (Wildman–Crippen MR) is 51.9 cm³/mol. The fourth-order valence-corrected chi connectivity index (χ4v) is 0.817. The number of ether oxygens (including phenoxy) is 1. The molecule has 0 unspecified atom stereocenters. The minimum Gasteiger partial charge on any atom is -0.381 e. The van der Waals surface area contributed by atoms with Crippen LogP contribution in [0, 0.1) is 0 Å². The molecule has 0 saturated carbocycles. The third-order valence-corrected chi connectivity index (χ3v) is 1.76. The van der Waals surface area contributed by atoms with Crippen molar-refractivity contribution in [1.82, 2.24) is 0 Å². The van der Waals surface area contributed by atoms with Gasteiger partial charge in [-0.25, -0.2) is 0 Å². The van der Waals surface area contributed by atoms with Gasteiger partial charge < -0.3 is 4.74 Å². The summed E-state index contributed by atoms with van der Waals surface area (Å²) in [5.41, 5.74) is 0.775. The first-order valence-electron chi connectivity index (χ1n) is 4.44. The fourth-order valence-electron chi connectivity index (χ4n) is 0.817. The highest BCUT2D eigenvalue weighted by Crippen LogP contribution is 1.97. The predicted octanol–water partition coefficient (Wildman–Crippen LogP) is 2.30. The standard InChI is InChI=1S/C8H8O.C3H6O/c1-7(9)8-5-3-2-4-6-8;1-2-4-3-1/h2-6H,1H3;1-3H2. The summed E-state index contributed by atoms with van der Waals surface area (Å²) in [7, 11) is 0. The molecule has 2 rings (SSSR count). The van der Waals surface area contributed by atoms with Crippen LogP contribution < -0.4 is 0 Å². The van der Waals surface area contributed by atoms with Gasteiger partial charge in [-0.3, -0.25) is 4.79 Å². The van der Waals surface area contributed by atoms with Crippen molar-refractivity contribution in [3.05, 3.63) is 35.9 Å². The fraction of sp³-hybridized carbons (Fsp3) is 0.364. The van der Waals surface area contributed by atoms with E-state index in [1.165, 1.54) is 6.42 Å². The van der Waals surface area contributed by atoms with Crippen LogP contribution in [0.1, 0.15) is 23.7 Å². The smallest absolute Gasteiger partial charge is 0.159 e. The van der Waals surface area contributed by atoms with Gasteiger partial charge in [0.15, 0.2) is 5.78 Å². The van der Waals surface area contributed by atoms with E-state index in [9.17, 15) is 4.79 Å². The minimum atomic E-state index is 0.121. The molecule has 2 nitrogen and oxygen atoms in total. The van der Waals surface area contributed by atoms with Gasteiger partial charge in [-0.1, -0.05) is 30.3 Å². The second kappa shape index (κ2) is 5.49. The third-order valence-electron chi connectivity index (χ3n) is 1.76. The summed E-state index contributed by atoms with van der Waals surface area (Å²) in [6.45, 7) is 3.56. The molecule has 0 amide bonds. The molecule has 1 heterocycles. The molecule has 0 radical (unpaired) electrons. The molecule has 0 spiro atoms. The van der Waals surface area contributed by atoms with E-state index in [0.717, 1.165) is 18.8 Å². The third kappa shape index (κ3) is 3.85. The summed E-state index contributed by atoms with van der Waals surface area (Å²) in [6.07, 6.45) is 1.28. The van der Waals surface area contributed by atoms with Crippen LogP contribution in [0.5, 0.6) is 0 Å². The Labute approximate surface area is 78.5 Å². The largest absolute Gasteiger partial charge is 0.381 e. The zero-order valence-electron chi connectivity index (χ0n) is 7.82. The summed E-state index contributed by atoms with van der Waals surface area (Å²) in [6, 6.07) is 9.23. The zero-order valence-corrected chi connectivity index (χ0v) is 7.82. The maximum Gasteiger partial charge on any atom is 0.159 e. The van der Waals surface area contributed by atoms with Gasteiger partial charge in [-0.15, -0.1) is 0 Å². The van der Waals surface area contributed by atoms with Gasteiger partial charge in [0.2, 0.25) is 0 Å². The summed E-state index contributed by atoms with van der Waals surface area (Å²) < 4.78 is 4.72. The summed E-state index contributed by atoms with van der Waals surface area (Å²) in [5, 5.41) is 0. The number of Topliss-reactive ketones (excluding diaryl/α,β-unsaturated/α-hetero) is 1. The lowest BCUT2D eigenvalue weighted by Crippen LogP contribution is -2.09. The van der Waals surface area contributed by atoms with Crippen molar-refractivity contribution in [3.63, 3.8) is 0 Å². The van der Waals surface area contributed by atoms with Crippen LogP contribution in [0.15, 0.2) is 30.3 Å².